The second kappa shape index (κ2) is 6.95. The normalized spacial score (nSPS) is 31.9. The Morgan fingerprint density at radius 2 is 1.44 bits per heavy atom. The third-order valence-electron chi connectivity index (χ3n) is 7.79. The van der Waals surface area contributed by atoms with Crippen molar-refractivity contribution in [2.24, 2.45) is 16.7 Å². The van der Waals surface area contributed by atoms with Gasteiger partial charge in [0.2, 0.25) is 17.8 Å². The van der Waals surface area contributed by atoms with Crippen LogP contribution in [0.25, 0.3) is 11.5 Å². The predicted octanol–water partition coefficient (Wildman–Crippen LogP) is 5.57. The SMILES string of the molecule is CC1CC2(C1)CC(Nc1nc(NC3CC4(C3)CC(F)(F)C4)nc(-c3cccc(Cl)n3)n1)C2. The highest BCUT2D eigenvalue weighted by atomic mass is 35.5. The number of hydrogen-bond acceptors (Lipinski definition) is 6. The molecule has 2 heterocycles. The maximum absolute atomic E-state index is 13.3. The molecule has 2 aromatic rings. The van der Waals surface area contributed by atoms with Crippen LogP contribution < -0.4 is 10.6 Å². The first-order valence-electron chi connectivity index (χ1n) is 11.5. The lowest BCUT2D eigenvalue weighted by Gasteiger charge is -2.57. The van der Waals surface area contributed by atoms with Gasteiger partial charge in [0.1, 0.15) is 10.8 Å². The second-order valence-electron chi connectivity index (χ2n) is 10.9. The average molecular weight is 461 g/mol. The van der Waals surface area contributed by atoms with Crippen molar-refractivity contribution in [1.82, 2.24) is 19.9 Å². The molecule has 2 aromatic heterocycles. The summed E-state index contributed by atoms with van der Waals surface area (Å²) >= 11 is 6.07. The van der Waals surface area contributed by atoms with Crippen LogP contribution >= 0.6 is 11.6 Å². The molecule has 2 spiro atoms. The van der Waals surface area contributed by atoms with E-state index >= 15 is 0 Å². The molecular weight excluding hydrogens is 434 g/mol. The molecule has 0 amide bonds. The van der Waals surface area contributed by atoms with Gasteiger partial charge in [0, 0.05) is 24.9 Å². The first-order valence-corrected chi connectivity index (χ1v) is 11.9. The second-order valence-corrected chi connectivity index (χ2v) is 11.3. The third kappa shape index (κ3) is 3.70. The fourth-order valence-electron chi connectivity index (χ4n) is 6.78. The molecule has 0 unspecified atom stereocenters. The topological polar surface area (TPSA) is 75.6 Å². The minimum atomic E-state index is -2.49. The van der Waals surface area contributed by atoms with Crippen LogP contribution in [-0.4, -0.2) is 37.9 Å². The monoisotopic (exact) mass is 460 g/mol. The molecule has 4 aliphatic rings. The molecule has 0 atom stereocenters. The number of aromatic nitrogens is 4. The van der Waals surface area contributed by atoms with Crippen molar-refractivity contribution in [3.63, 3.8) is 0 Å². The number of nitrogens with zero attached hydrogens (tertiary/aromatic N) is 4. The molecule has 0 bridgehead atoms. The molecule has 6 nitrogen and oxygen atoms in total. The van der Waals surface area contributed by atoms with Crippen LogP contribution in [0.2, 0.25) is 5.15 Å². The lowest BCUT2D eigenvalue weighted by atomic mass is 9.50. The molecule has 2 N–H and O–H groups in total. The third-order valence-corrected chi connectivity index (χ3v) is 8.00. The van der Waals surface area contributed by atoms with Gasteiger partial charge < -0.3 is 10.6 Å². The molecule has 0 aromatic carbocycles. The summed E-state index contributed by atoms with van der Waals surface area (Å²) in [7, 11) is 0. The van der Waals surface area contributed by atoms with Crippen molar-refractivity contribution in [1.29, 1.82) is 0 Å². The van der Waals surface area contributed by atoms with E-state index in [-0.39, 0.29) is 24.3 Å². The zero-order valence-corrected chi connectivity index (χ0v) is 18.8. The summed E-state index contributed by atoms with van der Waals surface area (Å²) in [5.74, 6) is -0.222. The lowest BCUT2D eigenvalue weighted by molar-refractivity contribution is -0.193. The molecule has 0 saturated heterocycles. The van der Waals surface area contributed by atoms with Gasteiger partial charge in [-0.3, -0.25) is 0 Å². The van der Waals surface area contributed by atoms with E-state index in [0.717, 1.165) is 31.6 Å². The van der Waals surface area contributed by atoms with Crippen LogP contribution in [0.3, 0.4) is 0 Å². The van der Waals surface area contributed by atoms with Crippen LogP contribution in [0.1, 0.15) is 58.3 Å². The van der Waals surface area contributed by atoms with Crippen molar-refractivity contribution in [2.45, 2.75) is 76.3 Å². The average Bonchev–Trinajstić information content (AvgIpc) is 2.62. The maximum atomic E-state index is 13.3. The van der Waals surface area contributed by atoms with Gasteiger partial charge in [0.15, 0.2) is 5.82 Å². The minimum absolute atomic E-state index is 0.00190. The van der Waals surface area contributed by atoms with E-state index in [1.807, 2.05) is 12.1 Å². The Labute approximate surface area is 191 Å². The van der Waals surface area contributed by atoms with Crippen LogP contribution in [0.5, 0.6) is 0 Å². The molecule has 32 heavy (non-hydrogen) atoms. The Kier molecular flexibility index (Phi) is 4.46. The predicted molar refractivity (Wildman–Crippen MR) is 119 cm³/mol. The Bertz CT molecular complexity index is 1030. The summed E-state index contributed by atoms with van der Waals surface area (Å²) < 4.78 is 26.6. The van der Waals surface area contributed by atoms with E-state index in [9.17, 15) is 8.78 Å². The Hall–Kier alpha value is -2.09. The van der Waals surface area contributed by atoms with E-state index < -0.39 is 5.92 Å². The number of anilines is 2. The van der Waals surface area contributed by atoms with Gasteiger partial charge in [0.05, 0.1) is 0 Å². The van der Waals surface area contributed by atoms with Gasteiger partial charge in [-0.2, -0.15) is 15.0 Å². The molecule has 170 valence electrons. The lowest BCUT2D eigenvalue weighted by Crippen LogP contribution is -2.57. The molecule has 4 aliphatic carbocycles. The highest BCUT2D eigenvalue weighted by Crippen LogP contribution is 2.63. The zero-order valence-electron chi connectivity index (χ0n) is 18.0. The molecule has 6 rings (SSSR count). The van der Waals surface area contributed by atoms with Crippen LogP contribution in [-0.2, 0) is 0 Å². The summed E-state index contributed by atoms with van der Waals surface area (Å²) in [5.41, 5.74) is 0.896. The standard InChI is InChI=1S/C23H27ClF2N6/c1-13-5-21(6-13)7-14(8-21)27-19-30-18(16-3-2-4-17(24)29-16)31-20(32-19)28-15-9-22(10-15)11-23(25,26)12-22/h2-4,13-15H,5-12H2,1H3,(H2,27,28,30,31,32). The fraction of sp³-hybridized carbons (Fsp3) is 0.652. The largest absolute Gasteiger partial charge is 0.351 e. The molecule has 0 radical (unpaired) electrons. The molecule has 4 fully saturated rings. The zero-order chi connectivity index (χ0) is 22.1. The first-order chi connectivity index (χ1) is 15.2. The number of rotatable bonds is 5. The summed E-state index contributed by atoms with van der Waals surface area (Å²) in [5, 5.41) is 7.19. The summed E-state index contributed by atoms with van der Waals surface area (Å²) in [6, 6.07) is 5.80. The van der Waals surface area contributed by atoms with Crippen LogP contribution in [0.4, 0.5) is 20.7 Å². The maximum Gasteiger partial charge on any atom is 0.249 e. The smallest absolute Gasteiger partial charge is 0.249 e. The molecule has 9 heteroatoms. The molecule has 4 saturated carbocycles. The van der Waals surface area contributed by atoms with Gasteiger partial charge in [-0.25, -0.2) is 13.8 Å². The summed E-state index contributed by atoms with van der Waals surface area (Å²) in [4.78, 5) is 18.1. The van der Waals surface area contributed by atoms with Crippen molar-refractivity contribution in [3.8, 4) is 11.5 Å². The van der Waals surface area contributed by atoms with Gasteiger partial charge in [-0.1, -0.05) is 24.6 Å². The summed E-state index contributed by atoms with van der Waals surface area (Å²) in [6.07, 6.45) is 6.39. The number of hydrogen-bond donors (Lipinski definition) is 2. The van der Waals surface area contributed by atoms with Gasteiger partial charge >= 0.3 is 0 Å². The fourth-order valence-corrected chi connectivity index (χ4v) is 6.94. The van der Waals surface area contributed by atoms with Crippen molar-refractivity contribution < 1.29 is 8.78 Å². The van der Waals surface area contributed by atoms with E-state index in [1.54, 1.807) is 6.07 Å². The van der Waals surface area contributed by atoms with Crippen molar-refractivity contribution in [3.05, 3.63) is 23.4 Å². The molecule has 0 aliphatic heterocycles. The van der Waals surface area contributed by atoms with Crippen molar-refractivity contribution in [2.75, 3.05) is 10.6 Å². The van der Waals surface area contributed by atoms with Gasteiger partial charge in [-0.15, -0.1) is 0 Å². The quantitative estimate of drug-likeness (QED) is 0.568. The van der Waals surface area contributed by atoms with E-state index in [0.29, 0.717) is 40.0 Å². The molecular formula is C23H27ClF2N6. The highest BCUT2D eigenvalue weighted by Gasteiger charge is 2.61. The number of pyridine rings is 1. The van der Waals surface area contributed by atoms with E-state index in [2.05, 4.69) is 37.5 Å². The highest BCUT2D eigenvalue weighted by molar-refractivity contribution is 6.29. The Morgan fingerprint density at radius 1 is 0.844 bits per heavy atom. The number of halogens is 3. The van der Waals surface area contributed by atoms with Gasteiger partial charge in [-0.05, 0) is 67.4 Å². The van der Waals surface area contributed by atoms with Crippen LogP contribution in [0.15, 0.2) is 18.2 Å². The van der Waals surface area contributed by atoms with Gasteiger partial charge in [0.25, 0.3) is 0 Å². The Morgan fingerprint density at radius 3 is 1.97 bits per heavy atom. The van der Waals surface area contributed by atoms with E-state index in [4.69, 9.17) is 11.6 Å². The Balaban J connectivity index is 1.18. The van der Waals surface area contributed by atoms with E-state index in [1.165, 1.54) is 12.8 Å². The summed E-state index contributed by atoms with van der Waals surface area (Å²) in [6.45, 7) is 2.31. The number of nitrogens with one attached hydrogen (secondary N) is 2. The van der Waals surface area contributed by atoms with Crippen molar-refractivity contribution >= 4 is 23.5 Å². The van der Waals surface area contributed by atoms with Crippen LogP contribution in [0, 0.1) is 16.7 Å². The first kappa shape index (κ1) is 20.5. The minimum Gasteiger partial charge on any atom is -0.351 e. The number of alkyl halides is 2.